The van der Waals surface area contributed by atoms with Crippen LogP contribution in [-0.4, -0.2) is 32.1 Å². The molecule has 2 N–H and O–H groups in total. The summed E-state index contributed by atoms with van der Waals surface area (Å²) in [5, 5.41) is 14.2. The maximum Gasteiger partial charge on any atom is 0.257 e. The summed E-state index contributed by atoms with van der Waals surface area (Å²) in [6, 6.07) is 25.0. The molecule has 2 saturated carbocycles. The standard InChI is InChI=1S/2C22H21N3O2/c1-13-5-6-16(20-23-14(2)27-25-20)11-17(13)15-7-8-18-19(12-15)24-21(26)22(18)9-3-4-10-22;1-13-5-6-16(20-23-14(2)25-27-20)11-17(13)15-7-8-18-19(12-15)24-21(26)22(18)9-3-4-10-22/h2*5-8,11-12H,3-4,9-10H2,1-2H3,(H,24,26). The SMILES string of the molecule is Cc1nc(-c2ccc(C)c(-c3ccc4c(c3)NC(=O)C43CCCC3)c2)no1.Cc1noc(-c2ccc(C)c(-c3ccc4c(c3)NC(=O)C43CCCC3)c2)n1. The van der Waals surface area contributed by atoms with E-state index in [2.05, 4.69) is 105 Å². The Morgan fingerprint density at radius 1 is 0.556 bits per heavy atom. The number of nitrogens with zero attached hydrogens (tertiary/aromatic N) is 4. The molecule has 2 aliphatic heterocycles. The number of carbonyl (C=O) groups is 2. The number of anilines is 2. The molecule has 10 nitrogen and oxygen atoms in total. The van der Waals surface area contributed by atoms with Gasteiger partial charge in [-0.05, 0) is 121 Å². The molecule has 2 fully saturated rings. The number of amides is 2. The fourth-order valence-corrected chi connectivity index (χ4v) is 9.11. The van der Waals surface area contributed by atoms with Gasteiger partial charge in [0.25, 0.3) is 5.89 Å². The molecule has 4 aliphatic rings. The third-order valence-corrected chi connectivity index (χ3v) is 12.0. The fourth-order valence-electron chi connectivity index (χ4n) is 9.11. The number of benzene rings is 4. The number of hydrogen-bond acceptors (Lipinski definition) is 8. The largest absolute Gasteiger partial charge is 0.339 e. The van der Waals surface area contributed by atoms with E-state index < -0.39 is 0 Å². The molecular weight excluding hydrogens is 677 g/mol. The molecule has 0 unspecified atom stereocenters. The van der Waals surface area contributed by atoms with Crippen LogP contribution in [0.1, 0.15) is 85.3 Å². The van der Waals surface area contributed by atoms with Gasteiger partial charge in [-0.1, -0.05) is 78.5 Å². The molecule has 0 saturated heterocycles. The zero-order valence-corrected chi connectivity index (χ0v) is 31.0. The Morgan fingerprint density at radius 3 is 1.54 bits per heavy atom. The number of aryl methyl sites for hydroxylation is 4. The van der Waals surface area contributed by atoms with Gasteiger partial charge in [0.2, 0.25) is 23.5 Å². The summed E-state index contributed by atoms with van der Waals surface area (Å²) in [6.45, 7) is 7.77. The molecule has 2 aromatic heterocycles. The van der Waals surface area contributed by atoms with Crippen molar-refractivity contribution < 1.29 is 18.6 Å². The number of aromatic nitrogens is 4. The molecular formula is C44H42N6O4. The fraction of sp³-hybridized carbons (Fsp3) is 0.318. The predicted molar refractivity (Wildman–Crippen MR) is 207 cm³/mol. The zero-order chi connectivity index (χ0) is 37.2. The van der Waals surface area contributed by atoms with Gasteiger partial charge in [-0.3, -0.25) is 9.59 Å². The Labute approximate surface area is 313 Å². The molecule has 2 aliphatic carbocycles. The van der Waals surface area contributed by atoms with Crippen LogP contribution in [0.4, 0.5) is 11.4 Å². The highest BCUT2D eigenvalue weighted by Crippen LogP contribution is 2.51. The highest BCUT2D eigenvalue weighted by Gasteiger charge is 2.49. The number of rotatable bonds is 4. The van der Waals surface area contributed by atoms with Crippen LogP contribution >= 0.6 is 0 Å². The minimum atomic E-state index is -0.300. The number of carbonyl (C=O) groups excluding carboxylic acids is 2. The minimum Gasteiger partial charge on any atom is -0.339 e. The molecule has 4 heterocycles. The molecule has 0 bridgehead atoms. The van der Waals surface area contributed by atoms with Crippen LogP contribution in [0.3, 0.4) is 0 Å². The summed E-state index contributed by atoms with van der Waals surface area (Å²) in [5.74, 6) is 2.61. The average Bonchev–Trinajstić information content (AvgIpc) is 4.04. The summed E-state index contributed by atoms with van der Waals surface area (Å²) < 4.78 is 10.4. The predicted octanol–water partition coefficient (Wildman–Crippen LogP) is 9.57. The van der Waals surface area contributed by atoms with Crippen molar-refractivity contribution in [3.63, 3.8) is 0 Å². The first kappa shape index (κ1) is 33.9. The zero-order valence-electron chi connectivity index (χ0n) is 31.0. The van der Waals surface area contributed by atoms with Crippen molar-refractivity contribution in [1.29, 1.82) is 0 Å². The average molecular weight is 719 g/mol. The second kappa shape index (κ2) is 12.9. The van der Waals surface area contributed by atoms with Crippen LogP contribution in [0, 0.1) is 27.7 Å². The Morgan fingerprint density at radius 2 is 1.06 bits per heavy atom. The first-order valence-corrected chi connectivity index (χ1v) is 18.9. The van der Waals surface area contributed by atoms with Gasteiger partial charge in [0.05, 0.1) is 10.8 Å². The van der Waals surface area contributed by atoms with E-state index in [1.165, 1.54) is 5.56 Å². The smallest absolute Gasteiger partial charge is 0.257 e. The molecule has 54 heavy (non-hydrogen) atoms. The number of fused-ring (bicyclic) bond motifs is 4. The first-order chi connectivity index (χ1) is 26.1. The lowest BCUT2D eigenvalue weighted by Gasteiger charge is -2.20. The molecule has 0 radical (unpaired) electrons. The molecule has 0 atom stereocenters. The highest BCUT2D eigenvalue weighted by atomic mass is 16.5. The van der Waals surface area contributed by atoms with Gasteiger partial charge in [0.1, 0.15) is 0 Å². The first-order valence-electron chi connectivity index (χ1n) is 18.9. The lowest BCUT2D eigenvalue weighted by atomic mass is 9.79. The monoisotopic (exact) mass is 718 g/mol. The second-order valence-corrected chi connectivity index (χ2v) is 15.4. The van der Waals surface area contributed by atoms with Crippen molar-refractivity contribution in [2.45, 2.75) is 89.9 Å². The van der Waals surface area contributed by atoms with Crippen molar-refractivity contribution in [3.8, 4) is 45.1 Å². The van der Waals surface area contributed by atoms with Crippen LogP contribution in [0.25, 0.3) is 45.1 Å². The normalized spacial score (nSPS) is 17.3. The van der Waals surface area contributed by atoms with Crippen molar-refractivity contribution in [2.75, 3.05) is 10.6 Å². The maximum absolute atomic E-state index is 12.7. The van der Waals surface area contributed by atoms with Crippen molar-refractivity contribution in [3.05, 3.63) is 107 Å². The van der Waals surface area contributed by atoms with E-state index in [-0.39, 0.29) is 22.6 Å². The molecule has 272 valence electrons. The van der Waals surface area contributed by atoms with E-state index in [4.69, 9.17) is 9.05 Å². The van der Waals surface area contributed by atoms with Gasteiger partial charge >= 0.3 is 0 Å². The van der Waals surface area contributed by atoms with Crippen LogP contribution in [-0.2, 0) is 20.4 Å². The lowest BCUT2D eigenvalue weighted by molar-refractivity contribution is -0.121. The Hall–Kier alpha value is -5.90. The summed E-state index contributed by atoms with van der Waals surface area (Å²) in [4.78, 5) is 34.0. The van der Waals surface area contributed by atoms with E-state index in [0.29, 0.717) is 23.4 Å². The van der Waals surface area contributed by atoms with Crippen molar-refractivity contribution >= 4 is 23.2 Å². The topological polar surface area (TPSA) is 136 Å². The minimum absolute atomic E-state index is 0.166. The molecule has 2 amide bonds. The molecule has 10 heteroatoms. The van der Waals surface area contributed by atoms with E-state index in [0.717, 1.165) is 113 Å². The van der Waals surface area contributed by atoms with Crippen molar-refractivity contribution in [2.24, 2.45) is 0 Å². The van der Waals surface area contributed by atoms with Gasteiger partial charge in [-0.25, -0.2) is 0 Å². The third kappa shape index (κ3) is 5.54. The van der Waals surface area contributed by atoms with E-state index >= 15 is 0 Å². The van der Waals surface area contributed by atoms with Gasteiger partial charge in [-0.15, -0.1) is 0 Å². The van der Waals surface area contributed by atoms with Gasteiger partial charge in [-0.2, -0.15) is 9.97 Å². The quantitative estimate of drug-likeness (QED) is 0.184. The van der Waals surface area contributed by atoms with Gasteiger partial charge < -0.3 is 19.7 Å². The maximum atomic E-state index is 12.7. The van der Waals surface area contributed by atoms with E-state index in [1.54, 1.807) is 6.92 Å². The van der Waals surface area contributed by atoms with Crippen molar-refractivity contribution in [1.82, 2.24) is 20.3 Å². The van der Waals surface area contributed by atoms with Crippen LogP contribution in [0.5, 0.6) is 0 Å². The summed E-state index contributed by atoms with van der Waals surface area (Å²) in [6.07, 6.45) is 8.32. The third-order valence-electron chi connectivity index (χ3n) is 12.0. The second-order valence-electron chi connectivity index (χ2n) is 15.4. The van der Waals surface area contributed by atoms with E-state index in [9.17, 15) is 9.59 Å². The van der Waals surface area contributed by atoms with Crippen LogP contribution < -0.4 is 10.6 Å². The van der Waals surface area contributed by atoms with Crippen LogP contribution in [0.2, 0.25) is 0 Å². The number of hydrogen-bond donors (Lipinski definition) is 2. The molecule has 6 aromatic rings. The lowest BCUT2D eigenvalue weighted by Crippen LogP contribution is -2.30. The molecule has 2 spiro atoms. The van der Waals surface area contributed by atoms with E-state index in [1.807, 2.05) is 19.1 Å². The van der Waals surface area contributed by atoms with Gasteiger partial charge in [0.15, 0.2) is 5.82 Å². The highest BCUT2D eigenvalue weighted by molar-refractivity contribution is 6.08. The summed E-state index contributed by atoms with van der Waals surface area (Å²) >= 11 is 0. The Kier molecular flexibility index (Phi) is 8.10. The molecule has 4 aromatic carbocycles. The summed E-state index contributed by atoms with van der Waals surface area (Å²) in [7, 11) is 0. The van der Waals surface area contributed by atoms with Crippen LogP contribution in [0.15, 0.2) is 81.8 Å². The van der Waals surface area contributed by atoms with Gasteiger partial charge in [0, 0.05) is 29.4 Å². The summed E-state index contributed by atoms with van der Waals surface area (Å²) in [5.41, 5.74) is 12.2. The molecule has 10 rings (SSSR count). The number of nitrogens with one attached hydrogen (secondary N) is 2. The Bertz CT molecular complexity index is 2290. The Balaban J connectivity index is 0.000000142.